The summed E-state index contributed by atoms with van der Waals surface area (Å²) < 4.78 is 13.6. The van der Waals surface area contributed by atoms with E-state index in [-0.39, 0.29) is 11.6 Å². The summed E-state index contributed by atoms with van der Waals surface area (Å²) in [4.78, 5) is 20.1. The lowest BCUT2D eigenvalue weighted by Crippen LogP contribution is -2.45. The summed E-state index contributed by atoms with van der Waals surface area (Å²) in [6.45, 7) is 1.98. The quantitative estimate of drug-likeness (QED) is 0.478. The summed E-state index contributed by atoms with van der Waals surface area (Å²) in [7, 11) is 0. The lowest BCUT2D eigenvalue weighted by Gasteiger charge is -2.31. The van der Waals surface area contributed by atoms with E-state index in [1.807, 2.05) is 49.4 Å². The topological polar surface area (TPSA) is 38.7 Å². The van der Waals surface area contributed by atoms with Crippen LogP contribution in [-0.4, -0.2) is 17.1 Å². The van der Waals surface area contributed by atoms with E-state index in [2.05, 4.69) is 5.16 Å². The molecule has 0 saturated heterocycles. The number of nitrogens with zero attached hydrogens (tertiary/aromatic N) is 1. The number of rotatable bonds is 2. The van der Waals surface area contributed by atoms with Crippen molar-refractivity contribution in [2.45, 2.75) is 37.7 Å². The molecule has 2 aliphatic rings. The van der Waals surface area contributed by atoms with Gasteiger partial charge in [0, 0.05) is 16.1 Å². The minimum Gasteiger partial charge on any atom is -0.379 e. The molecule has 0 bridgehead atoms. The molecule has 2 atom stereocenters. The Kier molecular flexibility index (Phi) is 4.90. The van der Waals surface area contributed by atoms with Gasteiger partial charge < -0.3 is 4.84 Å². The molecule has 1 aliphatic carbocycles. The Hall–Kier alpha value is -2.98. The molecule has 1 spiro atoms. The first kappa shape index (κ1) is 20.0. The third-order valence-corrected chi connectivity index (χ3v) is 6.53. The number of carbonyl (C=O) groups excluding carboxylic acids is 1. The molecule has 5 heteroatoms. The van der Waals surface area contributed by atoms with Crippen LogP contribution in [0.25, 0.3) is 0 Å². The summed E-state index contributed by atoms with van der Waals surface area (Å²) in [6, 6.07) is 19.6. The molecule has 3 aromatic carbocycles. The van der Waals surface area contributed by atoms with Crippen molar-refractivity contribution in [3.8, 4) is 0 Å². The maximum atomic E-state index is 14.0. The Morgan fingerprint density at radius 2 is 1.81 bits per heavy atom. The Morgan fingerprint density at radius 1 is 1.06 bits per heavy atom. The molecule has 156 valence electrons. The largest absolute Gasteiger partial charge is 0.379 e. The van der Waals surface area contributed by atoms with Crippen LogP contribution in [0.4, 0.5) is 4.39 Å². The maximum Gasteiger partial charge on any atom is 0.212 e. The third-order valence-electron chi connectivity index (χ3n) is 6.28. The van der Waals surface area contributed by atoms with Crippen LogP contribution in [0.15, 0.2) is 71.9 Å². The van der Waals surface area contributed by atoms with Gasteiger partial charge in [-0.2, -0.15) is 0 Å². The molecule has 0 amide bonds. The van der Waals surface area contributed by atoms with Crippen molar-refractivity contribution in [1.82, 2.24) is 0 Å². The Bertz CT molecular complexity index is 1190. The molecule has 5 rings (SSSR count). The number of halogens is 2. The van der Waals surface area contributed by atoms with Crippen molar-refractivity contribution in [3.63, 3.8) is 0 Å². The van der Waals surface area contributed by atoms with Crippen molar-refractivity contribution in [1.29, 1.82) is 0 Å². The minimum atomic E-state index is -1.14. The number of benzene rings is 3. The van der Waals surface area contributed by atoms with Gasteiger partial charge in [0.15, 0.2) is 0 Å². The maximum absolute atomic E-state index is 14.0. The molecule has 0 radical (unpaired) electrons. The van der Waals surface area contributed by atoms with Crippen molar-refractivity contribution in [2.75, 3.05) is 0 Å². The number of hydrogen-bond acceptors (Lipinski definition) is 3. The zero-order valence-electron chi connectivity index (χ0n) is 17.1. The highest BCUT2D eigenvalue weighted by Crippen LogP contribution is 2.47. The zero-order chi connectivity index (χ0) is 21.6. The highest BCUT2D eigenvalue weighted by atomic mass is 35.5. The van der Waals surface area contributed by atoms with E-state index in [1.54, 1.807) is 12.1 Å². The van der Waals surface area contributed by atoms with E-state index < -0.39 is 11.5 Å². The van der Waals surface area contributed by atoms with Gasteiger partial charge in [-0.3, -0.25) is 4.79 Å². The van der Waals surface area contributed by atoms with Crippen LogP contribution in [0.3, 0.4) is 0 Å². The molecule has 31 heavy (non-hydrogen) atoms. The van der Waals surface area contributed by atoms with Crippen LogP contribution >= 0.6 is 11.6 Å². The highest BCUT2D eigenvalue weighted by Gasteiger charge is 2.56. The molecule has 3 aromatic rings. The SMILES string of the molecule is Cc1ccc2c(c1)C(=O)C1(CCC2)ON=C(c2ccc(F)cc2)C1c1ccc(Cl)cc1. The van der Waals surface area contributed by atoms with Crippen molar-refractivity contribution in [3.05, 3.63) is 105 Å². The van der Waals surface area contributed by atoms with Gasteiger partial charge in [0.1, 0.15) is 5.82 Å². The van der Waals surface area contributed by atoms with E-state index in [0.29, 0.717) is 22.7 Å². The zero-order valence-corrected chi connectivity index (χ0v) is 17.8. The summed E-state index contributed by atoms with van der Waals surface area (Å²) in [5.41, 5.74) is 3.90. The first-order valence-corrected chi connectivity index (χ1v) is 10.8. The van der Waals surface area contributed by atoms with Crippen molar-refractivity contribution >= 4 is 23.1 Å². The van der Waals surface area contributed by atoms with Crippen LogP contribution in [0.2, 0.25) is 5.02 Å². The second kappa shape index (κ2) is 7.61. The van der Waals surface area contributed by atoms with Crippen molar-refractivity contribution in [2.24, 2.45) is 5.16 Å². The molecule has 0 saturated carbocycles. The molecule has 0 fully saturated rings. The summed E-state index contributed by atoms with van der Waals surface area (Å²) in [6.07, 6.45) is 2.16. The van der Waals surface area contributed by atoms with Crippen LogP contribution < -0.4 is 0 Å². The Balaban J connectivity index is 1.67. The van der Waals surface area contributed by atoms with Crippen LogP contribution in [0.5, 0.6) is 0 Å². The number of carbonyl (C=O) groups is 1. The van der Waals surface area contributed by atoms with E-state index in [4.69, 9.17) is 16.4 Å². The van der Waals surface area contributed by atoms with Gasteiger partial charge in [-0.25, -0.2) is 4.39 Å². The van der Waals surface area contributed by atoms with Gasteiger partial charge >= 0.3 is 0 Å². The molecule has 0 aromatic heterocycles. The average Bonchev–Trinajstić information content (AvgIpc) is 3.09. The lowest BCUT2D eigenvalue weighted by atomic mass is 9.72. The van der Waals surface area contributed by atoms with E-state index >= 15 is 0 Å². The average molecular weight is 434 g/mol. The van der Waals surface area contributed by atoms with Crippen LogP contribution in [0.1, 0.15) is 51.4 Å². The van der Waals surface area contributed by atoms with Crippen LogP contribution in [-0.2, 0) is 11.3 Å². The predicted octanol–water partition coefficient (Wildman–Crippen LogP) is 6.26. The Morgan fingerprint density at radius 3 is 2.55 bits per heavy atom. The van der Waals surface area contributed by atoms with Gasteiger partial charge in [-0.15, -0.1) is 0 Å². The van der Waals surface area contributed by atoms with E-state index in [1.165, 1.54) is 12.1 Å². The van der Waals surface area contributed by atoms with E-state index in [9.17, 15) is 9.18 Å². The van der Waals surface area contributed by atoms with Crippen molar-refractivity contribution < 1.29 is 14.0 Å². The summed E-state index contributed by atoms with van der Waals surface area (Å²) >= 11 is 6.14. The molecule has 0 N–H and O–H groups in total. The van der Waals surface area contributed by atoms with Crippen LogP contribution in [0, 0.1) is 12.7 Å². The first-order valence-electron chi connectivity index (χ1n) is 10.4. The highest BCUT2D eigenvalue weighted by molar-refractivity contribution is 6.30. The third kappa shape index (κ3) is 3.35. The van der Waals surface area contributed by atoms with Gasteiger partial charge in [0.2, 0.25) is 11.4 Å². The second-order valence-corrected chi connectivity index (χ2v) is 8.73. The number of Topliss-reactive ketones (excluding diaryl/α,β-unsaturated/α-hetero) is 1. The minimum absolute atomic E-state index is 0.0514. The fourth-order valence-electron chi connectivity index (χ4n) is 4.74. The summed E-state index contributed by atoms with van der Waals surface area (Å²) in [5.74, 6) is -0.797. The monoisotopic (exact) mass is 433 g/mol. The number of aryl methyl sites for hydroxylation is 2. The number of ketones is 1. The first-order chi connectivity index (χ1) is 15.0. The molecular formula is C26H21ClFNO2. The number of fused-ring (bicyclic) bond motifs is 1. The fourth-order valence-corrected chi connectivity index (χ4v) is 4.87. The lowest BCUT2D eigenvalue weighted by molar-refractivity contribution is -0.0170. The number of oxime groups is 1. The van der Waals surface area contributed by atoms with Gasteiger partial charge in [-0.1, -0.05) is 58.7 Å². The summed E-state index contributed by atoms with van der Waals surface area (Å²) in [5, 5.41) is 5.04. The standard InChI is InChI=1S/C26H21ClFNO2/c1-16-4-5-17-3-2-14-26(25(30)22(17)15-16)23(18-6-10-20(27)11-7-18)24(29-31-26)19-8-12-21(28)13-9-19/h4-13,15,23H,2-3,14H2,1H3. The van der Waals surface area contributed by atoms with Gasteiger partial charge in [-0.05, 0) is 67.6 Å². The molecular weight excluding hydrogens is 413 g/mol. The normalized spacial score (nSPS) is 22.6. The Labute approximate surface area is 185 Å². The second-order valence-electron chi connectivity index (χ2n) is 8.29. The van der Waals surface area contributed by atoms with E-state index in [0.717, 1.165) is 35.1 Å². The van der Waals surface area contributed by atoms with Gasteiger partial charge in [0.25, 0.3) is 0 Å². The molecule has 3 nitrogen and oxygen atoms in total. The molecule has 2 unspecified atom stereocenters. The fraction of sp³-hybridized carbons (Fsp3) is 0.231. The molecule has 1 heterocycles. The van der Waals surface area contributed by atoms with Gasteiger partial charge in [0.05, 0.1) is 11.6 Å². The number of hydrogen-bond donors (Lipinski definition) is 0. The molecule has 1 aliphatic heterocycles. The smallest absolute Gasteiger partial charge is 0.212 e. The predicted molar refractivity (Wildman–Crippen MR) is 119 cm³/mol.